The first kappa shape index (κ1) is 18.8. The van der Waals surface area contributed by atoms with Gasteiger partial charge in [-0.05, 0) is 31.5 Å². The van der Waals surface area contributed by atoms with Gasteiger partial charge in [0.1, 0.15) is 5.75 Å². The number of alkyl halides is 3. The summed E-state index contributed by atoms with van der Waals surface area (Å²) in [6.45, 7) is 3.67. The number of aromatic hydroxyl groups is 1. The number of amides is 1. The molecule has 23 heavy (non-hydrogen) atoms. The summed E-state index contributed by atoms with van der Waals surface area (Å²) in [5, 5.41) is 11.6. The zero-order valence-electron chi connectivity index (χ0n) is 12.7. The Hall–Kier alpha value is -2.25. The van der Waals surface area contributed by atoms with E-state index in [1.807, 2.05) is 0 Å². The van der Waals surface area contributed by atoms with E-state index in [0.717, 1.165) is 12.1 Å². The first-order chi connectivity index (χ1) is 10.7. The number of benzene rings is 1. The lowest BCUT2D eigenvalue weighted by molar-refractivity contribution is -0.147. The molecule has 0 aromatic heterocycles. The van der Waals surface area contributed by atoms with E-state index in [-0.39, 0.29) is 18.7 Å². The highest BCUT2D eigenvalue weighted by atomic mass is 19.4. The molecule has 1 aromatic carbocycles. The van der Waals surface area contributed by atoms with Crippen LogP contribution < -0.4 is 5.32 Å². The molecule has 0 bridgehead atoms. The van der Waals surface area contributed by atoms with E-state index < -0.39 is 35.3 Å². The number of hydrogen-bond donors (Lipinski definition) is 2. The summed E-state index contributed by atoms with van der Waals surface area (Å²) in [5.41, 5.74) is -1.50. The van der Waals surface area contributed by atoms with Crippen LogP contribution in [-0.2, 0) is 15.7 Å². The summed E-state index contributed by atoms with van der Waals surface area (Å²) in [6, 6.07) is 2.49. The van der Waals surface area contributed by atoms with Gasteiger partial charge >= 0.3 is 12.1 Å². The summed E-state index contributed by atoms with van der Waals surface area (Å²) in [4.78, 5) is 23.2. The maximum Gasteiger partial charge on any atom is 0.419 e. The normalized spacial score (nSPS) is 12.6. The van der Waals surface area contributed by atoms with Crippen molar-refractivity contribution in [3.63, 3.8) is 0 Å². The molecule has 0 radical (unpaired) electrons. The Morgan fingerprint density at radius 3 is 2.57 bits per heavy atom. The Morgan fingerprint density at radius 2 is 2.00 bits per heavy atom. The standard InChI is InChI=1S/C15H18F3NO4/c1-3-23-14(22)9(2)6-7-19-13(21)10-4-5-12(20)11(8-10)15(16,17)18/h4-5,8-9,20H,3,6-7H2,1-2H3,(H,19,21)/t9-/m1/s1. The Morgan fingerprint density at radius 1 is 1.35 bits per heavy atom. The highest BCUT2D eigenvalue weighted by Gasteiger charge is 2.34. The number of rotatable bonds is 6. The predicted octanol–water partition coefficient (Wildman–Crippen LogP) is 2.73. The largest absolute Gasteiger partial charge is 0.507 e. The fourth-order valence-corrected chi connectivity index (χ4v) is 1.81. The van der Waals surface area contributed by atoms with Crippen LogP contribution in [0.4, 0.5) is 13.2 Å². The number of carbonyl (C=O) groups excluding carboxylic acids is 2. The zero-order chi connectivity index (χ0) is 17.6. The fourth-order valence-electron chi connectivity index (χ4n) is 1.81. The van der Waals surface area contributed by atoms with E-state index in [4.69, 9.17) is 4.74 Å². The summed E-state index contributed by atoms with van der Waals surface area (Å²) < 4.78 is 42.8. The Kier molecular flexibility index (Phi) is 6.41. The van der Waals surface area contributed by atoms with Crippen molar-refractivity contribution in [1.29, 1.82) is 0 Å². The predicted molar refractivity (Wildman–Crippen MR) is 75.9 cm³/mol. The molecule has 1 amide bonds. The van der Waals surface area contributed by atoms with Crippen molar-refractivity contribution in [3.8, 4) is 5.75 Å². The van der Waals surface area contributed by atoms with E-state index in [9.17, 15) is 27.9 Å². The van der Waals surface area contributed by atoms with Gasteiger partial charge in [0.05, 0.1) is 18.1 Å². The van der Waals surface area contributed by atoms with Gasteiger partial charge in [0, 0.05) is 12.1 Å². The van der Waals surface area contributed by atoms with Crippen molar-refractivity contribution in [1.82, 2.24) is 5.32 Å². The van der Waals surface area contributed by atoms with Crippen LogP contribution in [-0.4, -0.2) is 30.1 Å². The topological polar surface area (TPSA) is 75.6 Å². The second kappa shape index (κ2) is 7.85. The van der Waals surface area contributed by atoms with Gasteiger partial charge in [0.25, 0.3) is 5.91 Å². The molecule has 0 fully saturated rings. The summed E-state index contributed by atoms with van der Waals surface area (Å²) in [6.07, 6.45) is -4.45. The lowest BCUT2D eigenvalue weighted by Gasteiger charge is -2.12. The molecule has 0 unspecified atom stereocenters. The van der Waals surface area contributed by atoms with E-state index in [2.05, 4.69) is 5.32 Å². The molecular weight excluding hydrogens is 315 g/mol. The van der Waals surface area contributed by atoms with E-state index in [1.165, 1.54) is 0 Å². The minimum absolute atomic E-state index is 0.112. The molecule has 1 atom stereocenters. The third kappa shape index (κ3) is 5.46. The number of phenolic OH excluding ortho intramolecular Hbond substituents is 1. The van der Waals surface area contributed by atoms with Gasteiger partial charge in [0.2, 0.25) is 0 Å². The van der Waals surface area contributed by atoms with Crippen molar-refractivity contribution < 1.29 is 32.6 Å². The number of ether oxygens (including phenoxy) is 1. The summed E-state index contributed by atoms with van der Waals surface area (Å²) in [7, 11) is 0. The molecule has 0 heterocycles. The zero-order valence-corrected chi connectivity index (χ0v) is 12.7. The molecule has 1 aromatic rings. The van der Waals surface area contributed by atoms with Gasteiger partial charge in [-0.25, -0.2) is 0 Å². The fraction of sp³-hybridized carbons (Fsp3) is 0.467. The monoisotopic (exact) mass is 333 g/mol. The van der Waals surface area contributed by atoms with Crippen LogP contribution in [0.15, 0.2) is 18.2 Å². The van der Waals surface area contributed by atoms with Crippen molar-refractivity contribution in [3.05, 3.63) is 29.3 Å². The number of carbonyl (C=O) groups is 2. The first-order valence-corrected chi connectivity index (χ1v) is 7.01. The van der Waals surface area contributed by atoms with E-state index >= 15 is 0 Å². The average Bonchev–Trinajstić information content (AvgIpc) is 2.46. The van der Waals surface area contributed by atoms with Gasteiger partial charge in [-0.15, -0.1) is 0 Å². The molecule has 0 aliphatic rings. The van der Waals surface area contributed by atoms with Gasteiger partial charge < -0.3 is 15.2 Å². The van der Waals surface area contributed by atoms with Crippen molar-refractivity contribution in [2.75, 3.05) is 13.2 Å². The number of hydrogen-bond acceptors (Lipinski definition) is 4. The van der Waals surface area contributed by atoms with Crippen molar-refractivity contribution in [2.24, 2.45) is 5.92 Å². The van der Waals surface area contributed by atoms with Crippen LogP contribution in [0.1, 0.15) is 36.2 Å². The molecule has 5 nitrogen and oxygen atoms in total. The molecule has 0 saturated heterocycles. The Labute approximate surface area is 131 Å². The number of halogens is 3. The molecule has 0 aliphatic carbocycles. The van der Waals surface area contributed by atoms with Gasteiger partial charge in [-0.3, -0.25) is 9.59 Å². The molecule has 2 N–H and O–H groups in total. The quantitative estimate of drug-likeness (QED) is 0.785. The Bertz CT molecular complexity index is 572. The van der Waals surface area contributed by atoms with Crippen LogP contribution >= 0.6 is 0 Å². The van der Waals surface area contributed by atoms with Crippen LogP contribution in [0.3, 0.4) is 0 Å². The van der Waals surface area contributed by atoms with Gasteiger partial charge in [-0.1, -0.05) is 6.92 Å². The third-order valence-corrected chi connectivity index (χ3v) is 3.12. The molecule has 0 spiro atoms. The molecule has 0 saturated carbocycles. The number of phenols is 1. The second-order valence-electron chi connectivity index (χ2n) is 4.93. The van der Waals surface area contributed by atoms with Crippen molar-refractivity contribution in [2.45, 2.75) is 26.4 Å². The number of nitrogens with one attached hydrogen (secondary N) is 1. The minimum Gasteiger partial charge on any atom is -0.507 e. The van der Waals surface area contributed by atoms with Crippen molar-refractivity contribution >= 4 is 11.9 Å². The van der Waals surface area contributed by atoms with Crippen LogP contribution in [0.5, 0.6) is 5.75 Å². The lowest BCUT2D eigenvalue weighted by atomic mass is 10.1. The van der Waals surface area contributed by atoms with E-state index in [1.54, 1.807) is 13.8 Å². The SMILES string of the molecule is CCOC(=O)[C@H](C)CCNC(=O)c1ccc(O)c(C(F)(F)F)c1. The van der Waals surface area contributed by atoms with Crippen LogP contribution in [0, 0.1) is 5.92 Å². The number of esters is 1. The molecule has 0 aliphatic heterocycles. The average molecular weight is 333 g/mol. The summed E-state index contributed by atoms with van der Waals surface area (Å²) >= 11 is 0. The lowest BCUT2D eigenvalue weighted by Crippen LogP contribution is -2.27. The first-order valence-electron chi connectivity index (χ1n) is 7.01. The molecule has 8 heteroatoms. The van der Waals surface area contributed by atoms with E-state index in [0.29, 0.717) is 12.5 Å². The van der Waals surface area contributed by atoms with Gasteiger partial charge in [0.15, 0.2) is 0 Å². The second-order valence-corrected chi connectivity index (χ2v) is 4.93. The Balaban J connectivity index is 2.64. The smallest absolute Gasteiger partial charge is 0.419 e. The van der Waals surface area contributed by atoms with Crippen LogP contribution in [0.2, 0.25) is 0 Å². The van der Waals surface area contributed by atoms with Crippen LogP contribution in [0.25, 0.3) is 0 Å². The highest BCUT2D eigenvalue weighted by Crippen LogP contribution is 2.35. The highest BCUT2D eigenvalue weighted by molar-refractivity contribution is 5.94. The third-order valence-electron chi connectivity index (χ3n) is 3.12. The minimum atomic E-state index is -4.75. The maximum atomic E-state index is 12.7. The van der Waals surface area contributed by atoms with Gasteiger partial charge in [-0.2, -0.15) is 13.2 Å². The molecular formula is C15H18F3NO4. The molecule has 1 rings (SSSR count). The molecule has 128 valence electrons. The maximum absolute atomic E-state index is 12.7. The summed E-state index contributed by atoms with van der Waals surface area (Å²) in [5.74, 6) is -2.48.